The molecule has 0 aliphatic carbocycles. The van der Waals surface area contributed by atoms with Crippen LogP contribution in [0.5, 0.6) is 5.75 Å². The van der Waals surface area contributed by atoms with E-state index in [1.807, 2.05) is 13.8 Å². The molecule has 4 heteroatoms. The summed E-state index contributed by atoms with van der Waals surface area (Å²) in [5.74, 6) is 0.557. The predicted octanol–water partition coefficient (Wildman–Crippen LogP) is 3.08. The second-order valence-corrected chi connectivity index (χ2v) is 3.54. The molecule has 1 aromatic carbocycles. The van der Waals surface area contributed by atoms with Gasteiger partial charge in [-0.05, 0) is 32.4 Å². The summed E-state index contributed by atoms with van der Waals surface area (Å²) in [5.41, 5.74) is 0.757. The van der Waals surface area contributed by atoms with E-state index < -0.39 is 4.92 Å². The van der Waals surface area contributed by atoms with Crippen molar-refractivity contribution in [3.63, 3.8) is 0 Å². The van der Waals surface area contributed by atoms with Gasteiger partial charge in [-0.15, -0.1) is 0 Å². The molecule has 0 saturated heterocycles. The highest BCUT2D eigenvalue weighted by atomic mass is 16.6. The summed E-state index contributed by atoms with van der Waals surface area (Å²) in [5, 5.41) is 10.7. The van der Waals surface area contributed by atoms with E-state index in [1.54, 1.807) is 19.1 Å². The first-order valence-corrected chi connectivity index (χ1v) is 4.96. The molecule has 0 heterocycles. The molecule has 0 amide bonds. The maximum absolute atomic E-state index is 10.7. The van der Waals surface area contributed by atoms with Crippen molar-refractivity contribution in [2.45, 2.75) is 33.3 Å². The molecule has 1 unspecified atom stereocenters. The van der Waals surface area contributed by atoms with Crippen LogP contribution in [-0.2, 0) is 0 Å². The van der Waals surface area contributed by atoms with Crippen LogP contribution in [-0.4, -0.2) is 11.0 Å². The Morgan fingerprint density at radius 1 is 1.53 bits per heavy atom. The van der Waals surface area contributed by atoms with Gasteiger partial charge in [-0.3, -0.25) is 10.1 Å². The summed E-state index contributed by atoms with van der Waals surface area (Å²) in [4.78, 5) is 10.3. The molecule has 1 aromatic rings. The van der Waals surface area contributed by atoms with E-state index in [-0.39, 0.29) is 11.8 Å². The van der Waals surface area contributed by atoms with Gasteiger partial charge in [0, 0.05) is 5.56 Å². The fourth-order valence-electron chi connectivity index (χ4n) is 1.17. The van der Waals surface area contributed by atoms with Crippen LogP contribution >= 0.6 is 0 Å². The van der Waals surface area contributed by atoms with Gasteiger partial charge in [-0.2, -0.15) is 0 Å². The van der Waals surface area contributed by atoms with Crippen molar-refractivity contribution in [2.75, 3.05) is 0 Å². The highest BCUT2D eigenvalue weighted by Crippen LogP contribution is 2.24. The van der Waals surface area contributed by atoms with Crippen LogP contribution in [0.1, 0.15) is 25.8 Å². The quantitative estimate of drug-likeness (QED) is 0.565. The SMILES string of the molecule is CCC(C)Oc1ccc(C)c([N+](=O)[O-])c1. The van der Waals surface area contributed by atoms with Crippen LogP contribution < -0.4 is 4.74 Å². The van der Waals surface area contributed by atoms with Crippen molar-refractivity contribution >= 4 is 5.69 Å². The average Bonchev–Trinajstić information content (AvgIpc) is 2.20. The number of hydrogen-bond donors (Lipinski definition) is 0. The van der Waals surface area contributed by atoms with Crippen LogP contribution in [0, 0.1) is 17.0 Å². The van der Waals surface area contributed by atoms with Crippen molar-refractivity contribution in [1.82, 2.24) is 0 Å². The number of ether oxygens (including phenoxy) is 1. The molecule has 0 radical (unpaired) electrons. The maximum atomic E-state index is 10.7. The van der Waals surface area contributed by atoms with E-state index in [2.05, 4.69) is 0 Å². The Morgan fingerprint density at radius 3 is 2.73 bits per heavy atom. The predicted molar refractivity (Wildman–Crippen MR) is 58.2 cm³/mol. The van der Waals surface area contributed by atoms with Gasteiger partial charge >= 0.3 is 0 Å². The van der Waals surface area contributed by atoms with Gasteiger partial charge in [-0.1, -0.05) is 6.92 Å². The Kier molecular flexibility index (Phi) is 3.66. The molecule has 15 heavy (non-hydrogen) atoms. The summed E-state index contributed by atoms with van der Waals surface area (Å²) in [6, 6.07) is 4.94. The molecule has 0 aliphatic heterocycles. The van der Waals surface area contributed by atoms with Gasteiger partial charge in [-0.25, -0.2) is 0 Å². The number of benzene rings is 1. The van der Waals surface area contributed by atoms with Gasteiger partial charge in [0.2, 0.25) is 0 Å². The Hall–Kier alpha value is -1.58. The molecule has 0 aliphatic rings. The van der Waals surface area contributed by atoms with Crippen LogP contribution in [0.25, 0.3) is 0 Å². The van der Waals surface area contributed by atoms with Crippen LogP contribution in [0.4, 0.5) is 5.69 Å². The molecule has 0 N–H and O–H groups in total. The molecular formula is C11H15NO3. The normalized spacial score (nSPS) is 12.2. The number of nitro groups is 1. The molecule has 0 bridgehead atoms. The zero-order valence-electron chi connectivity index (χ0n) is 9.19. The first kappa shape index (κ1) is 11.5. The lowest BCUT2D eigenvalue weighted by atomic mass is 10.2. The molecule has 0 fully saturated rings. The summed E-state index contributed by atoms with van der Waals surface area (Å²) >= 11 is 0. The van der Waals surface area contributed by atoms with Gasteiger partial charge in [0.25, 0.3) is 5.69 Å². The molecule has 82 valence electrons. The van der Waals surface area contributed by atoms with Crippen molar-refractivity contribution < 1.29 is 9.66 Å². The van der Waals surface area contributed by atoms with Gasteiger partial charge in [0.1, 0.15) is 5.75 Å². The summed E-state index contributed by atoms with van der Waals surface area (Å²) in [6.07, 6.45) is 0.953. The first-order valence-electron chi connectivity index (χ1n) is 4.96. The minimum absolute atomic E-state index is 0.0762. The van der Waals surface area contributed by atoms with Gasteiger partial charge in [0.15, 0.2) is 0 Å². The zero-order valence-corrected chi connectivity index (χ0v) is 9.19. The summed E-state index contributed by atoms with van der Waals surface area (Å²) < 4.78 is 5.50. The highest BCUT2D eigenvalue weighted by Gasteiger charge is 2.12. The summed E-state index contributed by atoms with van der Waals surface area (Å²) in [7, 11) is 0. The number of aryl methyl sites for hydroxylation is 1. The van der Waals surface area contributed by atoms with E-state index in [0.29, 0.717) is 11.3 Å². The molecule has 0 aromatic heterocycles. The number of nitrogens with zero attached hydrogens (tertiary/aromatic N) is 1. The lowest BCUT2D eigenvalue weighted by molar-refractivity contribution is -0.385. The lowest BCUT2D eigenvalue weighted by Gasteiger charge is -2.12. The van der Waals surface area contributed by atoms with Gasteiger partial charge < -0.3 is 4.74 Å². The number of nitro benzene ring substituents is 1. The van der Waals surface area contributed by atoms with Crippen LogP contribution in [0.3, 0.4) is 0 Å². The number of hydrogen-bond acceptors (Lipinski definition) is 3. The van der Waals surface area contributed by atoms with Gasteiger partial charge in [0.05, 0.1) is 17.1 Å². The topological polar surface area (TPSA) is 52.4 Å². The van der Waals surface area contributed by atoms with E-state index in [1.165, 1.54) is 6.07 Å². The highest BCUT2D eigenvalue weighted by molar-refractivity contribution is 5.45. The molecule has 4 nitrogen and oxygen atoms in total. The average molecular weight is 209 g/mol. The van der Waals surface area contributed by atoms with Crippen molar-refractivity contribution in [2.24, 2.45) is 0 Å². The third-order valence-corrected chi connectivity index (χ3v) is 2.29. The minimum Gasteiger partial charge on any atom is -0.490 e. The fourth-order valence-corrected chi connectivity index (χ4v) is 1.17. The van der Waals surface area contributed by atoms with Crippen molar-refractivity contribution in [1.29, 1.82) is 0 Å². The maximum Gasteiger partial charge on any atom is 0.276 e. The van der Waals surface area contributed by atoms with E-state index >= 15 is 0 Å². The number of rotatable bonds is 4. The zero-order chi connectivity index (χ0) is 11.4. The largest absolute Gasteiger partial charge is 0.490 e. The van der Waals surface area contributed by atoms with Crippen LogP contribution in [0.2, 0.25) is 0 Å². The van der Waals surface area contributed by atoms with Crippen LogP contribution in [0.15, 0.2) is 18.2 Å². The Balaban J connectivity index is 2.92. The second kappa shape index (κ2) is 4.77. The Labute approximate surface area is 89.0 Å². The second-order valence-electron chi connectivity index (χ2n) is 3.54. The minimum atomic E-state index is -0.390. The first-order chi connectivity index (χ1) is 7.04. The van der Waals surface area contributed by atoms with E-state index in [9.17, 15) is 10.1 Å². The lowest BCUT2D eigenvalue weighted by Crippen LogP contribution is -2.09. The van der Waals surface area contributed by atoms with Crippen molar-refractivity contribution in [3.8, 4) is 5.75 Å². The standard InChI is InChI=1S/C11H15NO3/c1-4-9(3)15-10-6-5-8(2)11(7-10)12(13)14/h5-7,9H,4H2,1-3H3. The third-order valence-electron chi connectivity index (χ3n) is 2.29. The van der Waals surface area contributed by atoms with E-state index in [0.717, 1.165) is 6.42 Å². The Morgan fingerprint density at radius 2 is 2.20 bits per heavy atom. The molecular weight excluding hydrogens is 194 g/mol. The molecule has 0 spiro atoms. The molecule has 1 atom stereocenters. The smallest absolute Gasteiger partial charge is 0.276 e. The summed E-state index contributed by atoms with van der Waals surface area (Å²) in [6.45, 7) is 5.66. The Bertz CT molecular complexity index is 363. The molecule has 1 rings (SSSR count). The van der Waals surface area contributed by atoms with Crippen molar-refractivity contribution in [3.05, 3.63) is 33.9 Å². The third kappa shape index (κ3) is 2.94. The van der Waals surface area contributed by atoms with E-state index in [4.69, 9.17) is 4.74 Å². The molecule has 0 saturated carbocycles. The monoisotopic (exact) mass is 209 g/mol. The fraction of sp³-hybridized carbons (Fsp3) is 0.455.